The van der Waals surface area contributed by atoms with Gasteiger partial charge in [0.2, 0.25) is 0 Å². The molecule has 3 nitrogen and oxygen atoms in total. The first kappa shape index (κ1) is 13.3. The number of halogens is 3. The van der Waals surface area contributed by atoms with Gasteiger partial charge in [0.15, 0.2) is 0 Å². The molecular formula is C12H6BrCl2NO2. The van der Waals surface area contributed by atoms with E-state index < -0.39 is 5.97 Å². The van der Waals surface area contributed by atoms with Crippen LogP contribution in [0.5, 0.6) is 5.75 Å². The Morgan fingerprint density at radius 3 is 2.61 bits per heavy atom. The van der Waals surface area contributed by atoms with Gasteiger partial charge in [-0.25, -0.2) is 9.78 Å². The van der Waals surface area contributed by atoms with Crippen LogP contribution in [-0.2, 0) is 0 Å². The summed E-state index contributed by atoms with van der Waals surface area (Å²) < 4.78 is 5.80. The largest absolute Gasteiger partial charge is 0.422 e. The average molecular weight is 347 g/mol. The molecule has 6 heteroatoms. The first-order valence-electron chi connectivity index (χ1n) is 4.85. The van der Waals surface area contributed by atoms with Crippen LogP contribution in [-0.4, -0.2) is 11.0 Å². The number of hydrogen-bond donors (Lipinski definition) is 0. The quantitative estimate of drug-likeness (QED) is 0.460. The van der Waals surface area contributed by atoms with Gasteiger partial charge in [0.25, 0.3) is 0 Å². The fourth-order valence-electron chi connectivity index (χ4n) is 1.21. The Morgan fingerprint density at radius 1 is 1.22 bits per heavy atom. The molecule has 1 aromatic carbocycles. The van der Waals surface area contributed by atoms with Crippen molar-refractivity contribution in [1.29, 1.82) is 0 Å². The van der Waals surface area contributed by atoms with E-state index in [9.17, 15) is 4.79 Å². The van der Waals surface area contributed by atoms with Gasteiger partial charge in [-0.2, -0.15) is 0 Å². The number of carbonyl (C=O) groups is 1. The molecule has 2 rings (SSSR count). The Hall–Kier alpha value is -1.10. The Balaban J connectivity index is 2.18. The highest BCUT2D eigenvalue weighted by Crippen LogP contribution is 2.28. The van der Waals surface area contributed by atoms with Crippen molar-refractivity contribution in [3.63, 3.8) is 0 Å². The number of nitrogens with zero attached hydrogens (tertiary/aromatic N) is 1. The summed E-state index contributed by atoms with van der Waals surface area (Å²) in [6.45, 7) is 0. The summed E-state index contributed by atoms with van der Waals surface area (Å²) in [5, 5.41) is 0.869. The van der Waals surface area contributed by atoms with Gasteiger partial charge in [0.05, 0.1) is 10.0 Å². The van der Waals surface area contributed by atoms with E-state index in [4.69, 9.17) is 27.9 Å². The van der Waals surface area contributed by atoms with Crippen LogP contribution < -0.4 is 4.74 Å². The molecule has 0 saturated heterocycles. The van der Waals surface area contributed by atoms with Crippen LogP contribution >= 0.6 is 39.1 Å². The van der Waals surface area contributed by atoms with Crippen molar-refractivity contribution >= 4 is 45.1 Å². The molecule has 18 heavy (non-hydrogen) atoms. The molecular weight excluding hydrogens is 341 g/mol. The summed E-state index contributed by atoms with van der Waals surface area (Å²) in [5.41, 5.74) is 0.321. The summed E-state index contributed by atoms with van der Waals surface area (Å²) in [6.07, 6.45) is 1.36. The van der Waals surface area contributed by atoms with Crippen LogP contribution in [0.15, 0.2) is 41.0 Å². The minimum absolute atomic E-state index is 0.319. The molecule has 0 amide bonds. The molecule has 1 heterocycles. The fraction of sp³-hybridized carbons (Fsp3) is 0. The standard InChI is InChI=1S/C12H6BrCl2NO2/c13-9-5-8(14)2-3-10(9)18-12(17)7-1-4-11(15)16-6-7/h1-6H. The highest BCUT2D eigenvalue weighted by molar-refractivity contribution is 9.10. The molecule has 0 radical (unpaired) electrons. The third-order valence-corrected chi connectivity index (χ3v) is 3.14. The predicted octanol–water partition coefficient (Wildman–Crippen LogP) is 4.37. The molecule has 0 aliphatic carbocycles. The number of rotatable bonds is 2. The summed E-state index contributed by atoms with van der Waals surface area (Å²) in [5.74, 6) is -0.124. The van der Waals surface area contributed by atoms with Gasteiger partial charge in [0, 0.05) is 11.2 Å². The highest BCUT2D eigenvalue weighted by Gasteiger charge is 2.11. The molecule has 0 spiro atoms. The van der Waals surface area contributed by atoms with Gasteiger partial charge in [-0.1, -0.05) is 23.2 Å². The second-order valence-electron chi connectivity index (χ2n) is 3.33. The summed E-state index contributed by atoms with van der Waals surface area (Å²) in [6, 6.07) is 7.95. The van der Waals surface area contributed by atoms with E-state index in [0.717, 1.165) is 0 Å². The van der Waals surface area contributed by atoms with E-state index >= 15 is 0 Å². The Kier molecular flexibility index (Phi) is 4.22. The number of pyridine rings is 1. The smallest absolute Gasteiger partial charge is 0.345 e. The number of benzene rings is 1. The van der Waals surface area contributed by atoms with E-state index in [1.807, 2.05) is 0 Å². The second-order valence-corrected chi connectivity index (χ2v) is 5.01. The van der Waals surface area contributed by atoms with Gasteiger partial charge in [0.1, 0.15) is 10.9 Å². The molecule has 0 unspecified atom stereocenters. The zero-order chi connectivity index (χ0) is 13.1. The Labute approximate surface area is 122 Å². The molecule has 92 valence electrons. The number of carbonyl (C=O) groups excluding carboxylic acids is 1. The van der Waals surface area contributed by atoms with Crippen molar-refractivity contribution < 1.29 is 9.53 Å². The monoisotopic (exact) mass is 345 g/mol. The molecule has 1 aromatic heterocycles. The third kappa shape index (κ3) is 3.22. The van der Waals surface area contributed by atoms with Crippen molar-refractivity contribution in [2.24, 2.45) is 0 Å². The lowest BCUT2D eigenvalue weighted by Gasteiger charge is -2.06. The van der Waals surface area contributed by atoms with Crippen LogP contribution in [0.3, 0.4) is 0 Å². The average Bonchev–Trinajstić information content (AvgIpc) is 2.33. The molecule has 0 aliphatic rings. The minimum Gasteiger partial charge on any atom is -0.422 e. The van der Waals surface area contributed by atoms with Crippen molar-refractivity contribution in [2.75, 3.05) is 0 Å². The Bertz CT molecular complexity index is 587. The van der Waals surface area contributed by atoms with E-state index in [2.05, 4.69) is 20.9 Å². The van der Waals surface area contributed by atoms with E-state index in [1.165, 1.54) is 12.3 Å². The molecule has 0 atom stereocenters. The van der Waals surface area contributed by atoms with Gasteiger partial charge in [-0.3, -0.25) is 0 Å². The maximum atomic E-state index is 11.8. The van der Waals surface area contributed by atoms with Crippen LogP contribution in [0.1, 0.15) is 10.4 Å². The molecule has 2 aromatic rings. The van der Waals surface area contributed by atoms with Gasteiger partial charge in [-0.05, 0) is 46.3 Å². The highest BCUT2D eigenvalue weighted by atomic mass is 79.9. The molecule has 0 N–H and O–H groups in total. The molecule has 0 saturated carbocycles. The molecule has 0 bridgehead atoms. The van der Waals surface area contributed by atoms with Gasteiger partial charge >= 0.3 is 5.97 Å². The molecule has 0 fully saturated rings. The maximum Gasteiger partial charge on any atom is 0.345 e. The van der Waals surface area contributed by atoms with E-state index in [1.54, 1.807) is 24.3 Å². The zero-order valence-electron chi connectivity index (χ0n) is 8.86. The first-order valence-corrected chi connectivity index (χ1v) is 6.40. The van der Waals surface area contributed by atoms with Gasteiger partial charge in [-0.15, -0.1) is 0 Å². The van der Waals surface area contributed by atoms with Crippen molar-refractivity contribution in [3.05, 3.63) is 56.7 Å². The zero-order valence-corrected chi connectivity index (χ0v) is 12.0. The maximum absolute atomic E-state index is 11.8. The van der Waals surface area contributed by atoms with Crippen molar-refractivity contribution in [2.45, 2.75) is 0 Å². The van der Waals surface area contributed by atoms with Crippen LogP contribution in [0.25, 0.3) is 0 Å². The van der Waals surface area contributed by atoms with Crippen molar-refractivity contribution in [1.82, 2.24) is 4.98 Å². The van der Waals surface area contributed by atoms with Gasteiger partial charge < -0.3 is 4.74 Å². The van der Waals surface area contributed by atoms with Crippen LogP contribution in [0.4, 0.5) is 0 Å². The third-order valence-electron chi connectivity index (χ3n) is 2.06. The summed E-state index contributed by atoms with van der Waals surface area (Å²) in [7, 11) is 0. The van der Waals surface area contributed by atoms with Crippen LogP contribution in [0.2, 0.25) is 10.2 Å². The van der Waals surface area contributed by atoms with Crippen LogP contribution in [0, 0.1) is 0 Å². The normalized spacial score (nSPS) is 10.2. The molecule has 0 aliphatic heterocycles. The Morgan fingerprint density at radius 2 is 2.00 bits per heavy atom. The topological polar surface area (TPSA) is 39.2 Å². The predicted molar refractivity (Wildman–Crippen MR) is 73.4 cm³/mol. The van der Waals surface area contributed by atoms with E-state index in [0.29, 0.717) is 26.0 Å². The summed E-state index contributed by atoms with van der Waals surface area (Å²) in [4.78, 5) is 15.6. The number of esters is 1. The minimum atomic E-state index is -0.512. The lowest BCUT2D eigenvalue weighted by atomic mass is 10.3. The van der Waals surface area contributed by atoms with E-state index in [-0.39, 0.29) is 0 Å². The SMILES string of the molecule is O=C(Oc1ccc(Cl)cc1Br)c1ccc(Cl)nc1. The summed E-state index contributed by atoms with van der Waals surface area (Å²) >= 11 is 14.7. The van der Waals surface area contributed by atoms with Crippen molar-refractivity contribution in [3.8, 4) is 5.75 Å². The number of aromatic nitrogens is 1. The number of hydrogen-bond acceptors (Lipinski definition) is 3. The second kappa shape index (κ2) is 5.69. The fourth-order valence-corrected chi connectivity index (χ4v) is 2.09. The lowest BCUT2D eigenvalue weighted by Crippen LogP contribution is -2.09. The number of ether oxygens (including phenoxy) is 1. The first-order chi connectivity index (χ1) is 8.56. The lowest BCUT2D eigenvalue weighted by molar-refractivity contribution is 0.0733.